The van der Waals surface area contributed by atoms with E-state index < -0.39 is 0 Å². The maximum atomic E-state index is 11.1. The quantitative estimate of drug-likeness (QED) is 0.496. The third-order valence-corrected chi connectivity index (χ3v) is 1.54. The van der Waals surface area contributed by atoms with E-state index in [9.17, 15) is 4.79 Å². The van der Waals surface area contributed by atoms with Crippen molar-refractivity contribution in [3.8, 4) is 0 Å². The Bertz CT molecular complexity index is 224. The Morgan fingerprint density at radius 1 is 1.36 bits per heavy atom. The van der Waals surface area contributed by atoms with Gasteiger partial charge in [-0.2, -0.15) is 0 Å². The molecule has 0 saturated carbocycles. The predicted octanol–water partition coefficient (Wildman–Crippen LogP) is 1.52. The van der Waals surface area contributed by atoms with Crippen LogP contribution in [0.5, 0.6) is 0 Å². The monoisotopic (exact) mass is 212 g/mol. The molecule has 0 saturated heterocycles. The van der Waals surface area contributed by atoms with Gasteiger partial charge in [-0.3, -0.25) is 4.79 Å². The smallest absolute Gasteiger partial charge is 0.224 e. The first-order chi connectivity index (χ1) is 6.81. The number of thiocarbonyl (C=S) groups is 1. The summed E-state index contributed by atoms with van der Waals surface area (Å²) in [4.78, 5) is 11.1. The molecule has 0 aliphatic heterocycles. The molecule has 0 fully saturated rings. The van der Waals surface area contributed by atoms with Crippen molar-refractivity contribution in [3.05, 3.63) is 24.4 Å². The minimum absolute atomic E-state index is 0.0294. The summed E-state index contributed by atoms with van der Waals surface area (Å²) < 4.78 is 0. The van der Waals surface area contributed by atoms with Crippen LogP contribution in [-0.2, 0) is 4.79 Å². The van der Waals surface area contributed by atoms with E-state index in [0.717, 1.165) is 6.42 Å². The maximum Gasteiger partial charge on any atom is 0.224 e. The maximum absolute atomic E-state index is 11.1. The lowest BCUT2D eigenvalue weighted by Gasteiger charge is -1.97. The fourth-order valence-electron chi connectivity index (χ4n) is 0.768. The Labute approximate surface area is 90.3 Å². The predicted molar refractivity (Wildman–Crippen MR) is 63.0 cm³/mol. The lowest BCUT2D eigenvalue weighted by Crippen LogP contribution is -2.22. The van der Waals surface area contributed by atoms with E-state index in [1.807, 2.05) is 19.1 Å². The fraction of sp³-hybridized carbons (Fsp3) is 0.400. The number of nitrogens with one attached hydrogen (secondary N) is 2. The molecule has 2 N–H and O–H groups in total. The largest absolute Gasteiger partial charge is 0.359 e. The lowest BCUT2D eigenvalue weighted by atomic mass is 10.3. The van der Waals surface area contributed by atoms with Gasteiger partial charge in [0.05, 0.1) is 5.49 Å². The van der Waals surface area contributed by atoms with Crippen LogP contribution in [0.1, 0.15) is 19.8 Å². The minimum Gasteiger partial charge on any atom is -0.359 e. The van der Waals surface area contributed by atoms with Crippen LogP contribution in [0.15, 0.2) is 24.4 Å². The summed E-state index contributed by atoms with van der Waals surface area (Å²) in [6, 6.07) is 0. The molecule has 0 heterocycles. The van der Waals surface area contributed by atoms with E-state index in [1.165, 1.54) is 5.49 Å². The van der Waals surface area contributed by atoms with Crippen LogP contribution < -0.4 is 10.6 Å². The van der Waals surface area contributed by atoms with Crippen molar-refractivity contribution >= 4 is 23.6 Å². The van der Waals surface area contributed by atoms with Crippen LogP contribution in [0.3, 0.4) is 0 Å². The normalized spacial score (nSPS) is 10.6. The number of allylic oxidation sites excluding steroid dienone is 1. The number of rotatable bonds is 7. The van der Waals surface area contributed by atoms with Gasteiger partial charge in [-0.1, -0.05) is 31.3 Å². The van der Waals surface area contributed by atoms with Crippen molar-refractivity contribution in [1.29, 1.82) is 0 Å². The fourth-order valence-corrected chi connectivity index (χ4v) is 0.847. The summed E-state index contributed by atoms with van der Waals surface area (Å²) in [6.45, 7) is 2.56. The van der Waals surface area contributed by atoms with Gasteiger partial charge in [0.25, 0.3) is 0 Å². The molecule has 0 aromatic rings. The average Bonchev–Trinajstić information content (AvgIpc) is 2.18. The van der Waals surface area contributed by atoms with Gasteiger partial charge >= 0.3 is 0 Å². The van der Waals surface area contributed by atoms with Crippen molar-refractivity contribution in [3.63, 3.8) is 0 Å². The third-order valence-electron chi connectivity index (χ3n) is 1.40. The zero-order valence-corrected chi connectivity index (χ0v) is 9.14. The number of amides is 1. The summed E-state index contributed by atoms with van der Waals surface area (Å²) in [6.07, 6.45) is 8.74. The van der Waals surface area contributed by atoms with Gasteiger partial charge < -0.3 is 10.6 Å². The van der Waals surface area contributed by atoms with Crippen molar-refractivity contribution in [2.24, 2.45) is 0 Å². The SMILES string of the molecule is CC/C=C\CC(=O)NC/C=C/NC=S. The molecule has 3 nitrogen and oxygen atoms in total. The van der Waals surface area contributed by atoms with Gasteiger partial charge in [-0.25, -0.2) is 0 Å². The molecule has 0 radical (unpaired) electrons. The highest BCUT2D eigenvalue weighted by atomic mass is 32.1. The van der Waals surface area contributed by atoms with Crippen molar-refractivity contribution in [2.45, 2.75) is 19.8 Å². The Morgan fingerprint density at radius 2 is 2.14 bits per heavy atom. The molecule has 14 heavy (non-hydrogen) atoms. The highest BCUT2D eigenvalue weighted by Crippen LogP contribution is 1.85. The standard InChI is InChI=1S/C10H16N2OS/c1-2-3-4-6-10(13)12-8-5-7-11-9-14/h3-5,7,9H,2,6,8H2,1H3,(H,11,14)(H,12,13)/b4-3-,7-5+. The van der Waals surface area contributed by atoms with Gasteiger partial charge in [0.2, 0.25) is 5.91 Å². The summed E-state index contributed by atoms with van der Waals surface area (Å²) in [5, 5.41) is 5.45. The van der Waals surface area contributed by atoms with E-state index in [0.29, 0.717) is 13.0 Å². The van der Waals surface area contributed by atoms with E-state index >= 15 is 0 Å². The first kappa shape index (κ1) is 12.8. The molecule has 0 spiro atoms. The summed E-state index contributed by atoms with van der Waals surface area (Å²) in [5.41, 5.74) is 1.41. The Morgan fingerprint density at radius 3 is 2.79 bits per heavy atom. The van der Waals surface area contributed by atoms with E-state index in [2.05, 4.69) is 22.9 Å². The van der Waals surface area contributed by atoms with E-state index in [-0.39, 0.29) is 5.91 Å². The van der Waals surface area contributed by atoms with Crippen LogP contribution in [-0.4, -0.2) is 17.9 Å². The van der Waals surface area contributed by atoms with Gasteiger partial charge in [0, 0.05) is 13.0 Å². The van der Waals surface area contributed by atoms with Gasteiger partial charge in [0.1, 0.15) is 0 Å². The second kappa shape index (κ2) is 9.92. The molecular weight excluding hydrogens is 196 g/mol. The number of carbonyl (C=O) groups excluding carboxylic acids is 1. The minimum atomic E-state index is 0.0294. The van der Waals surface area contributed by atoms with Crippen LogP contribution in [0.2, 0.25) is 0 Å². The summed E-state index contributed by atoms with van der Waals surface area (Å²) in [5.74, 6) is 0.0294. The second-order valence-electron chi connectivity index (χ2n) is 2.57. The molecule has 0 rings (SSSR count). The molecule has 4 heteroatoms. The molecule has 0 unspecified atom stereocenters. The first-order valence-electron chi connectivity index (χ1n) is 4.57. The number of carbonyl (C=O) groups is 1. The number of hydrogen-bond acceptors (Lipinski definition) is 2. The highest BCUT2D eigenvalue weighted by molar-refractivity contribution is 7.78. The van der Waals surface area contributed by atoms with Crippen molar-refractivity contribution < 1.29 is 4.79 Å². The van der Waals surface area contributed by atoms with Gasteiger partial charge in [-0.15, -0.1) is 0 Å². The molecule has 0 aliphatic carbocycles. The third kappa shape index (κ3) is 8.93. The molecule has 78 valence electrons. The van der Waals surface area contributed by atoms with Gasteiger partial charge in [0.15, 0.2) is 0 Å². The van der Waals surface area contributed by atoms with Crippen LogP contribution in [0.25, 0.3) is 0 Å². The second-order valence-corrected chi connectivity index (χ2v) is 2.81. The molecule has 1 amide bonds. The topological polar surface area (TPSA) is 41.1 Å². The van der Waals surface area contributed by atoms with Gasteiger partial charge in [-0.05, 0) is 18.7 Å². The van der Waals surface area contributed by atoms with Crippen molar-refractivity contribution in [2.75, 3.05) is 6.54 Å². The van der Waals surface area contributed by atoms with Crippen molar-refractivity contribution in [1.82, 2.24) is 10.6 Å². The Hall–Kier alpha value is -1.16. The van der Waals surface area contributed by atoms with Crippen LogP contribution in [0, 0.1) is 0 Å². The molecule has 0 aliphatic rings. The Balaban J connectivity index is 3.44. The molecule has 0 aromatic heterocycles. The average molecular weight is 212 g/mol. The molecule has 0 bridgehead atoms. The molecule has 0 aromatic carbocycles. The number of hydrogen-bond donors (Lipinski definition) is 2. The molecule has 0 atom stereocenters. The Kier molecular flexibility index (Phi) is 9.10. The van der Waals surface area contributed by atoms with Crippen LogP contribution in [0.4, 0.5) is 0 Å². The first-order valence-corrected chi connectivity index (χ1v) is 5.04. The van der Waals surface area contributed by atoms with Crippen LogP contribution >= 0.6 is 12.2 Å². The zero-order chi connectivity index (χ0) is 10.6. The lowest BCUT2D eigenvalue weighted by molar-refractivity contribution is -0.120. The van der Waals surface area contributed by atoms with E-state index in [4.69, 9.17) is 0 Å². The zero-order valence-electron chi connectivity index (χ0n) is 8.32. The summed E-state index contributed by atoms with van der Waals surface area (Å²) >= 11 is 4.54. The molecular formula is C10H16N2OS. The summed E-state index contributed by atoms with van der Waals surface area (Å²) in [7, 11) is 0. The van der Waals surface area contributed by atoms with E-state index in [1.54, 1.807) is 12.3 Å². The highest BCUT2D eigenvalue weighted by Gasteiger charge is 1.93.